The van der Waals surface area contributed by atoms with Crippen LogP contribution in [0.15, 0.2) is 35.7 Å². The highest BCUT2D eigenvalue weighted by Gasteiger charge is 2.23. The maximum atomic E-state index is 12.5. The molecular weight excluding hydrogens is 410 g/mol. The minimum Gasteiger partial charge on any atom is -0.349 e. The van der Waals surface area contributed by atoms with Crippen LogP contribution < -0.4 is 10.6 Å². The van der Waals surface area contributed by atoms with Gasteiger partial charge < -0.3 is 10.6 Å². The van der Waals surface area contributed by atoms with E-state index in [9.17, 15) is 19.7 Å². The molecule has 7 nitrogen and oxygen atoms in total. The predicted octanol–water partition coefficient (Wildman–Crippen LogP) is 3.48. The van der Waals surface area contributed by atoms with Gasteiger partial charge >= 0.3 is 0 Å². The summed E-state index contributed by atoms with van der Waals surface area (Å²) in [7, 11) is 0. The Balaban J connectivity index is 2.07. The first-order valence-corrected chi connectivity index (χ1v) is 10.6. The van der Waals surface area contributed by atoms with Crippen LogP contribution >= 0.6 is 34.7 Å². The van der Waals surface area contributed by atoms with E-state index in [2.05, 4.69) is 10.6 Å². The van der Waals surface area contributed by atoms with Gasteiger partial charge in [0.2, 0.25) is 5.91 Å². The molecule has 2 rings (SSSR count). The van der Waals surface area contributed by atoms with Gasteiger partial charge in [-0.1, -0.05) is 17.7 Å². The highest BCUT2D eigenvalue weighted by molar-refractivity contribution is 7.98. The van der Waals surface area contributed by atoms with Gasteiger partial charge in [-0.2, -0.15) is 11.8 Å². The summed E-state index contributed by atoms with van der Waals surface area (Å²) in [6.07, 6.45) is 2.35. The number of carbonyl (C=O) groups is 2. The van der Waals surface area contributed by atoms with E-state index in [1.54, 1.807) is 11.8 Å². The van der Waals surface area contributed by atoms with Crippen LogP contribution in [-0.4, -0.2) is 34.8 Å². The van der Waals surface area contributed by atoms with Crippen molar-refractivity contribution in [2.45, 2.75) is 19.0 Å². The van der Waals surface area contributed by atoms with Crippen LogP contribution in [0.1, 0.15) is 21.7 Å². The highest BCUT2D eigenvalue weighted by atomic mass is 35.5. The maximum absolute atomic E-state index is 12.5. The molecule has 1 heterocycles. The van der Waals surface area contributed by atoms with Crippen LogP contribution in [0.25, 0.3) is 0 Å². The fourth-order valence-electron chi connectivity index (χ4n) is 2.25. The number of nitrogens with one attached hydrogen (secondary N) is 2. The molecule has 2 amide bonds. The minimum atomic E-state index is -0.736. The number of hydrogen-bond donors (Lipinski definition) is 2. The third kappa shape index (κ3) is 6.23. The molecule has 0 fully saturated rings. The van der Waals surface area contributed by atoms with E-state index in [1.807, 2.05) is 23.8 Å². The van der Waals surface area contributed by atoms with Gasteiger partial charge in [-0.05, 0) is 42.0 Å². The van der Waals surface area contributed by atoms with E-state index >= 15 is 0 Å². The lowest BCUT2D eigenvalue weighted by Crippen LogP contribution is -2.46. The van der Waals surface area contributed by atoms with E-state index in [4.69, 9.17) is 11.6 Å². The number of thiophene rings is 1. The lowest BCUT2D eigenvalue weighted by Gasteiger charge is -2.18. The predicted molar refractivity (Wildman–Crippen MR) is 109 cm³/mol. The fraction of sp³-hybridized carbons (Fsp3) is 0.294. The van der Waals surface area contributed by atoms with Crippen molar-refractivity contribution < 1.29 is 14.5 Å². The number of nitro groups is 1. The van der Waals surface area contributed by atoms with Crippen LogP contribution in [0, 0.1) is 10.1 Å². The first kappa shape index (κ1) is 21.2. The summed E-state index contributed by atoms with van der Waals surface area (Å²) < 4.78 is 0. The summed E-state index contributed by atoms with van der Waals surface area (Å²) in [5, 5.41) is 18.3. The number of rotatable bonds is 9. The quantitative estimate of drug-likeness (QED) is 0.471. The number of thioether (sulfide) groups is 1. The van der Waals surface area contributed by atoms with Crippen LogP contribution in [0.3, 0.4) is 0 Å². The Morgan fingerprint density at radius 1 is 1.37 bits per heavy atom. The van der Waals surface area contributed by atoms with Crippen LogP contribution in [0.4, 0.5) is 5.69 Å². The SMILES string of the molecule is CSCCC(NC(=O)c1ccc(Cl)c([N+](=O)[O-])c1)C(=O)NCc1cccs1. The van der Waals surface area contributed by atoms with Gasteiger partial charge in [0.25, 0.3) is 11.6 Å². The van der Waals surface area contributed by atoms with Crippen molar-refractivity contribution in [3.63, 3.8) is 0 Å². The minimum absolute atomic E-state index is 0.0517. The number of nitro benzene ring substituents is 1. The number of carbonyl (C=O) groups excluding carboxylic acids is 2. The molecule has 1 aromatic carbocycles. The molecule has 2 N–H and O–H groups in total. The van der Waals surface area contributed by atoms with Crippen molar-refractivity contribution >= 4 is 52.2 Å². The summed E-state index contributed by atoms with van der Waals surface area (Å²) in [6.45, 7) is 0.383. The van der Waals surface area contributed by atoms with E-state index in [0.29, 0.717) is 18.7 Å². The second kappa shape index (κ2) is 10.3. The van der Waals surface area contributed by atoms with Crippen molar-refractivity contribution in [2.75, 3.05) is 12.0 Å². The highest BCUT2D eigenvalue weighted by Crippen LogP contribution is 2.25. The number of amides is 2. The van der Waals surface area contributed by atoms with Gasteiger partial charge in [0.05, 0.1) is 11.5 Å². The normalized spacial score (nSPS) is 11.6. The Hall–Kier alpha value is -2.10. The monoisotopic (exact) mass is 427 g/mol. The van der Waals surface area contributed by atoms with Crippen molar-refractivity contribution in [2.24, 2.45) is 0 Å². The van der Waals surface area contributed by atoms with Gasteiger partial charge in [0.1, 0.15) is 11.1 Å². The topological polar surface area (TPSA) is 101 Å². The third-order valence-electron chi connectivity index (χ3n) is 3.65. The standard InChI is InChI=1S/C17H18ClN3O4S2/c1-26-8-6-14(17(23)19-10-12-3-2-7-27-12)20-16(22)11-4-5-13(18)15(9-11)21(24)25/h2-5,7,9,14H,6,8,10H2,1H3,(H,19,23)(H,20,22). The first-order valence-electron chi connectivity index (χ1n) is 7.96. The van der Waals surface area contributed by atoms with Gasteiger partial charge in [-0.3, -0.25) is 19.7 Å². The zero-order valence-electron chi connectivity index (χ0n) is 14.4. The molecular formula is C17H18ClN3O4S2. The Morgan fingerprint density at radius 3 is 2.78 bits per heavy atom. The van der Waals surface area contributed by atoms with Crippen LogP contribution in [0.5, 0.6) is 0 Å². The summed E-state index contributed by atoms with van der Waals surface area (Å²) in [4.78, 5) is 36.3. The van der Waals surface area contributed by atoms with E-state index < -0.39 is 16.9 Å². The lowest BCUT2D eigenvalue weighted by atomic mass is 10.1. The average Bonchev–Trinajstić information content (AvgIpc) is 3.16. The molecule has 144 valence electrons. The van der Waals surface area contributed by atoms with Crippen molar-refractivity contribution in [1.29, 1.82) is 0 Å². The van der Waals surface area contributed by atoms with Gasteiger partial charge in [-0.25, -0.2) is 0 Å². The number of nitrogens with zero attached hydrogens (tertiary/aromatic N) is 1. The summed E-state index contributed by atoms with van der Waals surface area (Å²) >= 11 is 8.86. The van der Waals surface area contributed by atoms with Gasteiger partial charge in [0.15, 0.2) is 0 Å². The second-order valence-electron chi connectivity index (χ2n) is 5.53. The molecule has 0 saturated carbocycles. The van der Waals surface area contributed by atoms with Crippen molar-refractivity contribution in [3.8, 4) is 0 Å². The number of halogens is 1. The average molecular weight is 428 g/mol. The smallest absolute Gasteiger partial charge is 0.288 e. The van der Waals surface area contributed by atoms with Gasteiger partial charge in [0, 0.05) is 16.5 Å². The Bertz CT molecular complexity index is 815. The van der Waals surface area contributed by atoms with Gasteiger partial charge in [-0.15, -0.1) is 11.3 Å². The number of hydrogen-bond acceptors (Lipinski definition) is 6. The molecule has 0 aliphatic heterocycles. The van der Waals surface area contributed by atoms with Crippen LogP contribution in [0.2, 0.25) is 5.02 Å². The Labute approximate surface area is 169 Å². The molecule has 1 unspecified atom stereocenters. The van der Waals surface area contributed by atoms with E-state index in [1.165, 1.54) is 23.5 Å². The molecule has 1 atom stereocenters. The number of benzene rings is 1. The molecule has 0 saturated heterocycles. The maximum Gasteiger partial charge on any atom is 0.288 e. The molecule has 0 aliphatic rings. The van der Waals surface area contributed by atoms with Crippen LogP contribution in [-0.2, 0) is 11.3 Å². The molecule has 27 heavy (non-hydrogen) atoms. The fourth-order valence-corrected chi connectivity index (χ4v) is 3.55. The lowest BCUT2D eigenvalue weighted by molar-refractivity contribution is -0.384. The van der Waals surface area contributed by atoms with Crippen molar-refractivity contribution in [1.82, 2.24) is 10.6 Å². The first-order chi connectivity index (χ1) is 12.9. The largest absolute Gasteiger partial charge is 0.349 e. The molecule has 0 radical (unpaired) electrons. The third-order valence-corrected chi connectivity index (χ3v) is 5.49. The Morgan fingerprint density at radius 2 is 2.15 bits per heavy atom. The van der Waals surface area contributed by atoms with Crippen molar-refractivity contribution in [3.05, 3.63) is 61.3 Å². The van der Waals surface area contributed by atoms with E-state index in [-0.39, 0.29) is 22.2 Å². The molecule has 0 bridgehead atoms. The zero-order chi connectivity index (χ0) is 19.8. The summed E-state index contributed by atoms with van der Waals surface area (Å²) in [6, 6.07) is 6.86. The molecule has 10 heteroatoms. The molecule has 1 aromatic heterocycles. The molecule has 0 aliphatic carbocycles. The summed E-state index contributed by atoms with van der Waals surface area (Å²) in [5.74, 6) is -0.181. The zero-order valence-corrected chi connectivity index (χ0v) is 16.8. The molecule has 0 spiro atoms. The summed E-state index contributed by atoms with van der Waals surface area (Å²) in [5.41, 5.74) is -0.279. The van der Waals surface area contributed by atoms with E-state index in [0.717, 1.165) is 10.9 Å². The molecule has 2 aromatic rings. The second-order valence-corrected chi connectivity index (χ2v) is 7.95. The Kier molecular flexibility index (Phi) is 8.08.